The first kappa shape index (κ1) is 15.1. The van der Waals surface area contributed by atoms with Crippen LogP contribution in [0.3, 0.4) is 0 Å². The summed E-state index contributed by atoms with van der Waals surface area (Å²) in [5, 5.41) is 9.17. The van der Waals surface area contributed by atoms with Gasteiger partial charge in [0.1, 0.15) is 0 Å². The van der Waals surface area contributed by atoms with Gasteiger partial charge in [0, 0.05) is 0 Å². The van der Waals surface area contributed by atoms with E-state index in [2.05, 4.69) is 0 Å². The van der Waals surface area contributed by atoms with Crippen molar-refractivity contribution in [2.75, 3.05) is 0 Å². The van der Waals surface area contributed by atoms with Gasteiger partial charge in [-0.1, -0.05) is 24.3 Å². The molecule has 0 aromatic heterocycles. The van der Waals surface area contributed by atoms with Crippen LogP contribution in [0.25, 0.3) is 0 Å². The number of hydrogen-bond acceptors (Lipinski definition) is 1. The van der Waals surface area contributed by atoms with Crippen molar-refractivity contribution in [1.29, 1.82) is 0 Å². The first-order valence-corrected chi connectivity index (χ1v) is 6.27. The standard InChI is InChI=1S/C16H13F3O2/c1-10-3-2-4-13(15(20)21)14(10)9-11-5-7-12(8-6-11)16(17,18)19/h2-8H,9H2,1H3,(H,20,21). The van der Waals surface area contributed by atoms with E-state index in [1.54, 1.807) is 19.1 Å². The first-order valence-electron chi connectivity index (χ1n) is 6.27. The van der Waals surface area contributed by atoms with Crippen LogP contribution in [0.2, 0.25) is 0 Å². The van der Waals surface area contributed by atoms with Gasteiger partial charge in [-0.25, -0.2) is 4.79 Å². The second-order valence-electron chi connectivity index (χ2n) is 4.78. The Bertz CT molecular complexity index is 658. The molecule has 0 aliphatic carbocycles. The molecule has 110 valence electrons. The number of aryl methyl sites for hydroxylation is 1. The van der Waals surface area contributed by atoms with E-state index in [0.29, 0.717) is 11.1 Å². The van der Waals surface area contributed by atoms with Crippen molar-refractivity contribution in [2.24, 2.45) is 0 Å². The highest BCUT2D eigenvalue weighted by molar-refractivity contribution is 5.90. The summed E-state index contributed by atoms with van der Waals surface area (Å²) in [6.45, 7) is 1.78. The minimum absolute atomic E-state index is 0.176. The second kappa shape index (κ2) is 5.60. The van der Waals surface area contributed by atoms with Crippen molar-refractivity contribution < 1.29 is 23.1 Å². The van der Waals surface area contributed by atoms with E-state index in [9.17, 15) is 23.1 Å². The monoisotopic (exact) mass is 294 g/mol. The van der Waals surface area contributed by atoms with Crippen LogP contribution in [0.1, 0.15) is 32.6 Å². The molecular formula is C16H13F3O2. The number of benzene rings is 2. The Morgan fingerprint density at radius 3 is 2.24 bits per heavy atom. The van der Waals surface area contributed by atoms with Crippen molar-refractivity contribution in [3.8, 4) is 0 Å². The zero-order valence-electron chi connectivity index (χ0n) is 11.2. The van der Waals surface area contributed by atoms with Gasteiger partial charge in [-0.2, -0.15) is 13.2 Å². The van der Waals surface area contributed by atoms with E-state index in [1.807, 2.05) is 0 Å². The molecule has 0 saturated carbocycles. The molecule has 0 radical (unpaired) electrons. The van der Waals surface area contributed by atoms with Crippen LogP contribution in [-0.2, 0) is 12.6 Å². The minimum Gasteiger partial charge on any atom is -0.478 e. The van der Waals surface area contributed by atoms with E-state index in [4.69, 9.17) is 0 Å². The molecule has 0 atom stereocenters. The van der Waals surface area contributed by atoms with Gasteiger partial charge in [0.15, 0.2) is 0 Å². The van der Waals surface area contributed by atoms with Crippen LogP contribution in [0.4, 0.5) is 13.2 Å². The average Bonchev–Trinajstić information content (AvgIpc) is 2.40. The van der Waals surface area contributed by atoms with E-state index < -0.39 is 17.7 Å². The summed E-state index contributed by atoms with van der Waals surface area (Å²) in [4.78, 5) is 11.2. The Balaban J connectivity index is 2.33. The van der Waals surface area contributed by atoms with E-state index in [-0.39, 0.29) is 12.0 Å². The normalized spacial score (nSPS) is 11.4. The van der Waals surface area contributed by atoms with Crippen LogP contribution in [0.15, 0.2) is 42.5 Å². The molecule has 0 aliphatic rings. The van der Waals surface area contributed by atoms with E-state index in [0.717, 1.165) is 17.7 Å². The number of alkyl halides is 3. The number of aromatic carboxylic acids is 1. The number of hydrogen-bond donors (Lipinski definition) is 1. The molecule has 2 rings (SSSR count). The topological polar surface area (TPSA) is 37.3 Å². The summed E-state index contributed by atoms with van der Waals surface area (Å²) < 4.78 is 37.5. The Hall–Kier alpha value is -2.30. The molecular weight excluding hydrogens is 281 g/mol. The number of halogens is 3. The number of rotatable bonds is 3. The second-order valence-corrected chi connectivity index (χ2v) is 4.78. The summed E-state index contributed by atoms with van der Waals surface area (Å²) in [5.74, 6) is -1.04. The minimum atomic E-state index is -4.37. The van der Waals surface area contributed by atoms with Gasteiger partial charge in [0.05, 0.1) is 11.1 Å². The summed E-state index contributed by atoms with van der Waals surface area (Å²) in [6, 6.07) is 9.69. The zero-order chi connectivity index (χ0) is 15.6. The maximum atomic E-state index is 12.5. The van der Waals surface area contributed by atoms with Crippen LogP contribution in [0.5, 0.6) is 0 Å². The molecule has 21 heavy (non-hydrogen) atoms. The van der Waals surface area contributed by atoms with Gasteiger partial charge >= 0.3 is 12.1 Å². The van der Waals surface area contributed by atoms with Gasteiger partial charge in [0.25, 0.3) is 0 Å². The third-order valence-corrected chi connectivity index (χ3v) is 3.30. The molecule has 2 aromatic carbocycles. The predicted octanol–water partition coefficient (Wildman–Crippen LogP) is 4.30. The number of carbonyl (C=O) groups is 1. The summed E-state index contributed by atoms with van der Waals surface area (Å²) in [6.07, 6.45) is -4.08. The Morgan fingerprint density at radius 1 is 1.10 bits per heavy atom. The van der Waals surface area contributed by atoms with Gasteiger partial charge in [-0.15, -0.1) is 0 Å². The Morgan fingerprint density at radius 2 is 1.71 bits per heavy atom. The number of carboxylic acid groups (broad SMARTS) is 1. The van der Waals surface area contributed by atoms with Crippen molar-refractivity contribution in [2.45, 2.75) is 19.5 Å². The molecule has 0 spiro atoms. The third-order valence-electron chi connectivity index (χ3n) is 3.30. The molecule has 2 aromatic rings. The fourth-order valence-electron chi connectivity index (χ4n) is 2.15. The molecule has 0 unspecified atom stereocenters. The Labute approximate surface area is 119 Å². The molecule has 2 nitrogen and oxygen atoms in total. The zero-order valence-corrected chi connectivity index (χ0v) is 11.2. The van der Waals surface area contributed by atoms with Gasteiger partial charge in [0.2, 0.25) is 0 Å². The van der Waals surface area contributed by atoms with Crippen molar-refractivity contribution in [1.82, 2.24) is 0 Å². The smallest absolute Gasteiger partial charge is 0.416 e. The van der Waals surface area contributed by atoms with Gasteiger partial charge < -0.3 is 5.11 Å². The summed E-state index contributed by atoms with van der Waals surface area (Å²) >= 11 is 0. The van der Waals surface area contributed by atoms with E-state index in [1.165, 1.54) is 18.2 Å². The molecule has 0 saturated heterocycles. The fraction of sp³-hybridized carbons (Fsp3) is 0.188. The molecule has 0 fully saturated rings. The lowest BCUT2D eigenvalue weighted by Crippen LogP contribution is -2.06. The largest absolute Gasteiger partial charge is 0.478 e. The molecule has 0 amide bonds. The van der Waals surface area contributed by atoms with Crippen molar-refractivity contribution >= 4 is 5.97 Å². The summed E-state index contributed by atoms with van der Waals surface area (Å²) in [5.41, 5.74) is 1.52. The molecule has 0 aliphatic heterocycles. The van der Waals surface area contributed by atoms with Gasteiger partial charge in [-0.3, -0.25) is 0 Å². The lowest BCUT2D eigenvalue weighted by molar-refractivity contribution is -0.137. The average molecular weight is 294 g/mol. The maximum Gasteiger partial charge on any atom is 0.416 e. The molecule has 5 heteroatoms. The van der Waals surface area contributed by atoms with Crippen LogP contribution < -0.4 is 0 Å². The lowest BCUT2D eigenvalue weighted by atomic mass is 9.95. The maximum absolute atomic E-state index is 12.5. The highest BCUT2D eigenvalue weighted by Gasteiger charge is 2.29. The highest BCUT2D eigenvalue weighted by atomic mass is 19.4. The van der Waals surface area contributed by atoms with Gasteiger partial charge in [-0.05, 0) is 48.2 Å². The predicted molar refractivity (Wildman–Crippen MR) is 72.4 cm³/mol. The van der Waals surface area contributed by atoms with Crippen LogP contribution in [-0.4, -0.2) is 11.1 Å². The lowest BCUT2D eigenvalue weighted by Gasteiger charge is -2.11. The van der Waals surface area contributed by atoms with E-state index >= 15 is 0 Å². The van der Waals surface area contributed by atoms with Crippen molar-refractivity contribution in [3.05, 3.63) is 70.3 Å². The van der Waals surface area contributed by atoms with Crippen LogP contribution in [0, 0.1) is 6.92 Å². The molecule has 1 N–H and O–H groups in total. The highest BCUT2D eigenvalue weighted by Crippen LogP contribution is 2.29. The van der Waals surface area contributed by atoms with Crippen LogP contribution >= 0.6 is 0 Å². The quantitative estimate of drug-likeness (QED) is 0.916. The van der Waals surface area contributed by atoms with Crippen molar-refractivity contribution in [3.63, 3.8) is 0 Å². The first-order chi connectivity index (χ1) is 9.79. The Kier molecular flexibility index (Phi) is 4.02. The third kappa shape index (κ3) is 3.42. The molecule has 0 heterocycles. The molecule has 0 bridgehead atoms. The SMILES string of the molecule is Cc1cccc(C(=O)O)c1Cc1ccc(C(F)(F)F)cc1. The number of carboxylic acids is 1. The fourth-order valence-corrected chi connectivity index (χ4v) is 2.15. The summed E-state index contributed by atoms with van der Waals surface area (Å²) in [7, 11) is 0.